The maximum atomic E-state index is 13.5. The molecule has 2 heterocycles. The van der Waals surface area contributed by atoms with Crippen molar-refractivity contribution in [3.8, 4) is 0 Å². The van der Waals surface area contributed by atoms with Crippen LogP contribution in [-0.4, -0.2) is 34.6 Å². The van der Waals surface area contributed by atoms with Gasteiger partial charge in [-0.25, -0.2) is 9.78 Å². The number of hydrogen-bond acceptors (Lipinski definition) is 6. The molecule has 0 spiro atoms. The van der Waals surface area contributed by atoms with Gasteiger partial charge in [0, 0.05) is 31.6 Å². The van der Waals surface area contributed by atoms with Crippen molar-refractivity contribution >= 4 is 28.7 Å². The Morgan fingerprint density at radius 3 is 2.19 bits per heavy atom. The highest BCUT2D eigenvalue weighted by Crippen LogP contribution is 2.25. The number of carbonyl (C=O) groups is 2. The van der Waals surface area contributed by atoms with E-state index in [2.05, 4.69) is 15.6 Å². The summed E-state index contributed by atoms with van der Waals surface area (Å²) in [5.74, 6) is -0.883. The Hall–Kier alpha value is -5.24. The van der Waals surface area contributed by atoms with Crippen molar-refractivity contribution in [2.45, 2.75) is 31.2 Å². The monoisotopic (exact) mass is 561 g/mol. The molecule has 0 radical (unpaired) electrons. The van der Waals surface area contributed by atoms with Gasteiger partial charge in [-0.2, -0.15) is 0 Å². The topological polar surface area (TPSA) is 122 Å². The molecule has 1 amide bonds. The van der Waals surface area contributed by atoms with Crippen LogP contribution in [0.2, 0.25) is 0 Å². The number of pyridine rings is 1. The molecule has 2 aromatic heterocycles. The lowest BCUT2D eigenvalue weighted by Gasteiger charge is -2.21. The summed E-state index contributed by atoms with van der Waals surface area (Å²) in [6.07, 6.45) is 3.05. The third-order valence-corrected chi connectivity index (χ3v) is 7.00. The maximum absolute atomic E-state index is 13.5. The summed E-state index contributed by atoms with van der Waals surface area (Å²) in [7, 11) is 0. The highest BCUT2D eigenvalue weighted by atomic mass is 16.4. The second kappa shape index (κ2) is 13.4. The Kier molecular flexibility index (Phi) is 9.03. The largest absolute Gasteiger partial charge is 0.480 e. The fourth-order valence-electron chi connectivity index (χ4n) is 4.93. The SMILES string of the molecule is O=C(N[C@@H](Cc1ccc2oc(CCCNc3ccccn3)cc(=O)c2c1)C(=O)O)C(c1ccccc1)c1ccccc1. The lowest BCUT2D eigenvalue weighted by molar-refractivity contribution is -0.141. The van der Waals surface area contributed by atoms with E-state index in [9.17, 15) is 19.5 Å². The van der Waals surface area contributed by atoms with E-state index in [0.717, 1.165) is 23.4 Å². The lowest BCUT2D eigenvalue weighted by atomic mass is 9.90. The van der Waals surface area contributed by atoms with Gasteiger partial charge in [0.05, 0.1) is 11.3 Å². The summed E-state index contributed by atoms with van der Waals surface area (Å²) in [5.41, 5.74) is 2.36. The van der Waals surface area contributed by atoms with Gasteiger partial charge in [-0.15, -0.1) is 0 Å². The minimum absolute atomic E-state index is 0.00763. The molecule has 3 N–H and O–H groups in total. The fourth-order valence-corrected chi connectivity index (χ4v) is 4.93. The van der Waals surface area contributed by atoms with Crippen LogP contribution in [0.15, 0.2) is 119 Å². The first kappa shape index (κ1) is 28.3. The molecule has 1 atom stereocenters. The second-order valence-electron chi connectivity index (χ2n) is 10.0. The fraction of sp³-hybridized carbons (Fsp3) is 0.176. The third kappa shape index (κ3) is 7.09. The summed E-state index contributed by atoms with van der Waals surface area (Å²) < 4.78 is 5.97. The number of nitrogens with one attached hydrogen (secondary N) is 2. The van der Waals surface area contributed by atoms with Gasteiger partial charge in [-0.05, 0) is 47.4 Å². The highest BCUT2D eigenvalue weighted by Gasteiger charge is 2.28. The molecule has 3 aromatic carbocycles. The molecule has 0 bridgehead atoms. The molecule has 0 saturated carbocycles. The Balaban J connectivity index is 1.28. The Morgan fingerprint density at radius 1 is 0.857 bits per heavy atom. The minimum Gasteiger partial charge on any atom is -0.480 e. The highest BCUT2D eigenvalue weighted by molar-refractivity contribution is 5.91. The summed E-state index contributed by atoms with van der Waals surface area (Å²) in [5, 5.41) is 16.3. The maximum Gasteiger partial charge on any atom is 0.326 e. The number of aryl methyl sites for hydroxylation is 1. The molecule has 0 aliphatic carbocycles. The van der Waals surface area contributed by atoms with E-state index < -0.39 is 23.8 Å². The number of hydrogen-bond donors (Lipinski definition) is 3. The molecule has 5 rings (SSSR count). The molecule has 8 nitrogen and oxygen atoms in total. The van der Waals surface area contributed by atoms with E-state index in [4.69, 9.17) is 4.42 Å². The zero-order chi connectivity index (χ0) is 29.3. The second-order valence-corrected chi connectivity index (χ2v) is 10.0. The summed E-state index contributed by atoms with van der Waals surface area (Å²) in [6, 6.07) is 29.5. The molecular formula is C34H31N3O5. The molecule has 5 aromatic rings. The molecule has 0 saturated heterocycles. The van der Waals surface area contributed by atoms with E-state index in [1.807, 2.05) is 78.9 Å². The molecule has 0 aliphatic rings. The van der Waals surface area contributed by atoms with Crippen molar-refractivity contribution in [1.82, 2.24) is 10.3 Å². The van der Waals surface area contributed by atoms with Crippen LogP contribution in [0.1, 0.15) is 34.8 Å². The van der Waals surface area contributed by atoms with Gasteiger partial charge in [0.25, 0.3) is 0 Å². The van der Waals surface area contributed by atoms with Crippen molar-refractivity contribution in [2.75, 3.05) is 11.9 Å². The normalized spacial score (nSPS) is 11.7. The van der Waals surface area contributed by atoms with Crippen molar-refractivity contribution in [3.63, 3.8) is 0 Å². The molecule has 8 heteroatoms. The number of benzene rings is 3. The number of rotatable bonds is 12. The number of carbonyl (C=O) groups excluding carboxylic acids is 1. The van der Waals surface area contributed by atoms with Crippen molar-refractivity contribution < 1.29 is 19.1 Å². The molecule has 0 unspecified atom stereocenters. The first-order valence-corrected chi connectivity index (χ1v) is 13.8. The standard InChI is InChI=1S/C34H31N3O5/c38-29-22-26(14-9-19-36-31-15-7-8-18-35-31)42-30-17-16-23(20-27(29)30)21-28(34(40)41)37-33(39)32(24-10-3-1-4-11-24)25-12-5-2-6-13-25/h1-8,10-13,15-18,20,22,28,32H,9,14,19,21H2,(H,35,36)(H,37,39)(H,40,41)/t28-/m0/s1. The average Bonchev–Trinajstić information content (AvgIpc) is 3.01. The van der Waals surface area contributed by atoms with E-state index in [-0.39, 0.29) is 11.8 Å². The number of anilines is 1. The summed E-state index contributed by atoms with van der Waals surface area (Å²) >= 11 is 0. The summed E-state index contributed by atoms with van der Waals surface area (Å²) in [4.78, 5) is 42.9. The van der Waals surface area contributed by atoms with Crippen molar-refractivity contribution in [2.24, 2.45) is 0 Å². The predicted octanol–water partition coefficient (Wildman–Crippen LogP) is 5.18. The van der Waals surface area contributed by atoms with Crippen LogP contribution in [0.5, 0.6) is 0 Å². The van der Waals surface area contributed by atoms with Crippen LogP contribution in [-0.2, 0) is 22.4 Å². The molecule has 212 valence electrons. The third-order valence-electron chi connectivity index (χ3n) is 7.00. The van der Waals surface area contributed by atoms with Gasteiger partial charge in [0.1, 0.15) is 23.2 Å². The molecule has 0 fully saturated rings. The van der Waals surface area contributed by atoms with Crippen molar-refractivity contribution in [3.05, 3.63) is 142 Å². The Morgan fingerprint density at radius 2 is 1.55 bits per heavy atom. The Bertz CT molecular complexity index is 1670. The molecule has 42 heavy (non-hydrogen) atoms. The number of nitrogens with zero attached hydrogens (tertiary/aromatic N) is 1. The lowest BCUT2D eigenvalue weighted by Crippen LogP contribution is -2.44. The van der Waals surface area contributed by atoms with E-state index >= 15 is 0 Å². The first-order chi connectivity index (χ1) is 20.5. The summed E-state index contributed by atoms with van der Waals surface area (Å²) in [6.45, 7) is 0.676. The van der Waals surface area contributed by atoms with Crippen LogP contribution in [0.4, 0.5) is 5.82 Å². The molecular weight excluding hydrogens is 530 g/mol. The number of amides is 1. The smallest absolute Gasteiger partial charge is 0.326 e. The van der Waals surface area contributed by atoms with Gasteiger partial charge in [-0.1, -0.05) is 72.8 Å². The number of aromatic nitrogens is 1. The van der Waals surface area contributed by atoms with Gasteiger partial charge in [-0.3, -0.25) is 9.59 Å². The first-order valence-electron chi connectivity index (χ1n) is 13.8. The Labute approximate surface area is 243 Å². The number of fused-ring (bicyclic) bond motifs is 1. The zero-order valence-electron chi connectivity index (χ0n) is 22.9. The van der Waals surface area contributed by atoms with E-state index in [0.29, 0.717) is 35.3 Å². The number of carboxylic acid groups (broad SMARTS) is 1. The van der Waals surface area contributed by atoms with E-state index in [1.165, 1.54) is 6.07 Å². The van der Waals surface area contributed by atoms with Crippen LogP contribution in [0, 0.1) is 0 Å². The number of carboxylic acids is 1. The predicted molar refractivity (Wildman–Crippen MR) is 162 cm³/mol. The molecule has 0 aliphatic heterocycles. The van der Waals surface area contributed by atoms with Gasteiger partial charge < -0.3 is 20.2 Å². The van der Waals surface area contributed by atoms with Crippen LogP contribution < -0.4 is 16.1 Å². The van der Waals surface area contributed by atoms with Crippen LogP contribution >= 0.6 is 0 Å². The van der Waals surface area contributed by atoms with Gasteiger partial charge in [0.2, 0.25) is 5.91 Å². The van der Waals surface area contributed by atoms with Crippen LogP contribution in [0.3, 0.4) is 0 Å². The van der Waals surface area contributed by atoms with Crippen LogP contribution in [0.25, 0.3) is 11.0 Å². The van der Waals surface area contributed by atoms with Gasteiger partial charge in [0.15, 0.2) is 5.43 Å². The average molecular weight is 562 g/mol. The quantitative estimate of drug-likeness (QED) is 0.180. The van der Waals surface area contributed by atoms with E-state index in [1.54, 1.807) is 24.4 Å². The number of aliphatic carboxylic acids is 1. The zero-order valence-corrected chi connectivity index (χ0v) is 22.9. The van der Waals surface area contributed by atoms with Gasteiger partial charge >= 0.3 is 5.97 Å². The van der Waals surface area contributed by atoms with Crippen molar-refractivity contribution in [1.29, 1.82) is 0 Å². The minimum atomic E-state index is -1.19.